The highest BCUT2D eigenvalue weighted by molar-refractivity contribution is 6.03. The Balaban J connectivity index is 1.44. The van der Waals surface area contributed by atoms with Crippen LogP contribution in [0.2, 0.25) is 0 Å². The lowest BCUT2D eigenvalue weighted by Crippen LogP contribution is -2.37. The highest BCUT2D eigenvalue weighted by Crippen LogP contribution is 2.30. The van der Waals surface area contributed by atoms with Crippen molar-refractivity contribution in [2.24, 2.45) is 0 Å². The van der Waals surface area contributed by atoms with E-state index in [2.05, 4.69) is 34.6 Å². The Bertz CT molecular complexity index is 1040. The number of nitrogens with zero attached hydrogens (tertiary/aromatic N) is 2. The molecule has 7 heteroatoms. The van der Waals surface area contributed by atoms with Crippen molar-refractivity contribution in [2.75, 3.05) is 23.4 Å². The fraction of sp³-hybridized carbons (Fsp3) is 0.261. The van der Waals surface area contributed by atoms with E-state index in [1.165, 1.54) is 10.5 Å². The van der Waals surface area contributed by atoms with Crippen LogP contribution >= 0.6 is 0 Å². The summed E-state index contributed by atoms with van der Waals surface area (Å²) in [7, 11) is 0. The summed E-state index contributed by atoms with van der Waals surface area (Å²) in [6.45, 7) is 2.35. The topological polar surface area (TPSA) is 87.3 Å². The van der Waals surface area contributed by atoms with Gasteiger partial charge in [0.25, 0.3) is 0 Å². The molecule has 0 unspecified atom stereocenters. The number of fused-ring (bicyclic) bond motifs is 1. The summed E-state index contributed by atoms with van der Waals surface area (Å²) >= 11 is 0. The number of ether oxygens (including phenoxy) is 1. The third-order valence-electron chi connectivity index (χ3n) is 4.98. The minimum Gasteiger partial charge on any atom is -0.491 e. The van der Waals surface area contributed by atoms with Gasteiger partial charge in [0.1, 0.15) is 12.3 Å². The molecule has 0 aliphatic carbocycles. The highest BCUT2D eigenvalue weighted by atomic mass is 16.5. The molecule has 0 bridgehead atoms. The lowest BCUT2D eigenvalue weighted by Gasteiger charge is -2.20. The molecule has 2 aromatic carbocycles. The van der Waals surface area contributed by atoms with Gasteiger partial charge in [0.15, 0.2) is 5.82 Å². The predicted octanol–water partition coefficient (Wildman–Crippen LogP) is 3.78. The van der Waals surface area contributed by atoms with Gasteiger partial charge in [-0.1, -0.05) is 49.7 Å². The van der Waals surface area contributed by atoms with Gasteiger partial charge < -0.3 is 10.1 Å². The first-order valence-corrected chi connectivity index (χ1v) is 10.1. The van der Waals surface area contributed by atoms with Crippen molar-refractivity contribution in [1.82, 2.24) is 10.2 Å². The molecule has 2 N–H and O–H groups in total. The Morgan fingerprint density at radius 2 is 2.00 bits per heavy atom. The van der Waals surface area contributed by atoms with Crippen molar-refractivity contribution in [1.29, 1.82) is 0 Å². The lowest BCUT2D eigenvalue weighted by molar-refractivity contribution is -0.121. The monoisotopic (exact) mass is 404 g/mol. The molecule has 30 heavy (non-hydrogen) atoms. The summed E-state index contributed by atoms with van der Waals surface area (Å²) in [5.74, 6) is 0.547. The van der Waals surface area contributed by atoms with Crippen LogP contribution in [0.4, 0.5) is 11.5 Å². The van der Waals surface area contributed by atoms with Crippen molar-refractivity contribution < 1.29 is 14.3 Å². The molecule has 0 saturated heterocycles. The van der Waals surface area contributed by atoms with Crippen molar-refractivity contribution in [3.05, 3.63) is 60.2 Å². The first kappa shape index (κ1) is 19.7. The summed E-state index contributed by atoms with van der Waals surface area (Å²) in [6.07, 6.45) is 2.38. The van der Waals surface area contributed by atoms with Crippen LogP contribution in [0.1, 0.15) is 25.3 Å². The second kappa shape index (κ2) is 8.82. The largest absolute Gasteiger partial charge is 0.491 e. The van der Waals surface area contributed by atoms with Crippen molar-refractivity contribution in [3.8, 4) is 17.0 Å². The van der Waals surface area contributed by atoms with E-state index in [4.69, 9.17) is 4.74 Å². The Kier molecular flexibility index (Phi) is 5.79. The Labute approximate surface area is 175 Å². The molecule has 7 nitrogen and oxygen atoms in total. The lowest BCUT2D eigenvalue weighted by atomic mass is 10.1. The molecule has 1 aliphatic rings. The van der Waals surface area contributed by atoms with Crippen LogP contribution in [0.25, 0.3) is 11.3 Å². The van der Waals surface area contributed by atoms with E-state index in [0.717, 1.165) is 24.1 Å². The van der Waals surface area contributed by atoms with Gasteiger partial charge in [-0.05, 0) is 29.7 Å². The number of hydrogen-bond acceptors (Lipinski definition) is 4. The average molecular weight is 404 g/mol. The van der Waals surface area contributed by atoms with Gasteiger partial charge in [0.2, 0.25) is 11.8 Å². The van der Waals surface area contributed by atoms with E-state index in [0.29, 0.717) is 23.9 Å². The first-order chi connectivity index (χ1) is 14.6. The number of nitrogens with one attached hydrogen (secondary N) is 2. The maximum absolute atomic E-state index is 12.6. The standard InChI is InChI=1S/C23H24N4O3/c1-2-5-16-8-10-17(11-9-16)18-14-21(26-25-18)24-22(28)15-27-19-6-3-4-7-20(19)30-13-12-23(27)29/h3-4,6-11,14H,2,5,12-13,15H2,1H3,(H2,24,25,26,28). The summed E-state index contributed by atoms with van der Waals surface area (Å²) in [6, 6.07) is 17.3. The molecule has 0 spiro atoms. The minimum absolute atomic E-state index is 0.104. The molecule has 0 radical (unpaired) electrons. The predicted molar refractivity (Wildman–Crippen MR) is 116 cm³/mol. The van der Waals surface area contributed by atoms with Crippen LogP contribution in [-0.4, -0.2) is 35.2 Å². The second-order valence-corrected chi connectivity index (χ2v) is 7.21. The fourth-order valence-corrected chi connectivity index (χ4v) is 3.49. The summed E-state index contributed by atoms with van der Waals surface area (Å²) < 4.78 is 5.61. The van der Waals surface area contributed by atoms with Crippen LogP contribution in [0, 0.1) is 0 Å². The van der Waals surface area contributed by atoms with E-state index >= 15 is 0 Å². The number of para-hydroxylation sites is 2. The van der Waals surface area contributed by atoms with Gasteiger partial charge >= 0.3 is 0 Å². The number of anilines is 2. The average Bonchev–Trinajstić information content (AvgIpc) is 3.15. The first-order valence-electron chi connectivity index (χ1n) is 10.1. The molecule has 0 fully saturated rings. The van der Waals surface area contributed by atoms with Gasteiger partial charge in [-0.2, -0.15) is 5.10 Å². The molecule has 2 amide bonds. The molecule has 0 saturated carbocycles. The normalized spacial score (nSPS) is 13.4. The highest BCUT2D eigenvalue weighted by Gasteiger charge is 2.25. The number of aryl methyl sites for hydroxylation is 1. The van der Waals surface area contributed by atoms with Crippen LogP contribution < -0.4 is 15.0 Å². The summed E-state index contributed by atoms with van der Waals surface area (Å²) in [5, 5.41) is 9.90. The molecule has 154 valence electrons. The quantitative estimate of drug-likeness (QED) is 0.654. The number of carbonyl (C=O) groups is 2. The van der Waals surface area contributed by atoms with Crippen molar-refractivity contribution in [2.45, 2.75) is 26.2 Å². The minimum atomic E-state index is -0.323. The van der Waals surface area contributed by atoms with Crippen LogP contribution in [-0.2, 0) is 16.0 Å². The smallest absolute Gasteiger partial charge is 0.245 e. The maximum atomic E-state index is 12.6. The van der Waals surface area contributed by atoms with Crippen LogP contribution in [0.3, 0.4) is 0 Å². The van der Waals surface area contributed by atoms with Gasteiger partial charge in [-0.25, -0.2) is 0 Å². The molecule has 0 atom stereocenters. The number of H-pyrrole nitrogens is 1. The molecule has 2 heterocycles. The van der Waals surface area contributed by atoms with Crippen LogP contribution in [0.5, 0.6) is 5.75 Å². The Morgan fingerprint density at radius 1 is 1.20 bits per heavy atom. The Hall–Kier alpha value is -3.61. The number of amides is 2. The number of carbonyl (C=O) groups excluding carboxylic acids is 2. The number of aromatic nitrogens is 2. The van der Waals surface area contributed by atoms with Gasteiger partial charge in [-0.15, -0.1) is 0 Å². The van der Waals surface area contributed by atoms with E-state index < -0.39 is 0 Å². The van der Waals surface area contributed by atoms with Gasteiger partial charge in [0.05, 0.1) is 24.4 Å². The number of benzene rings is 2. The van der Waals surface area contributed by atoms with Gasteiger partial charge in [0, 0.05) is 6.07 Å². The second-order valence-electron chi connectivity index (χ2n) is 7.21. The van der Waals surface area contributed by atoms with Crippen molar-refractivity contribution >= 4 is 23.3 Å². The molecular weight excluding hydrogens is 380 g/mol. The Morgan fingerprint density at radius 3 is 2.80 bits per heavy atom. The third-order valence-corrected chi connectivity index (χ3v) is 4.98. The molecular formula is C23H24N4O3. The summed E-state index contributed by atoms with van der Waals surface area (Å²) in [5.41, 5.74) is 3.71. The fourth-order valence-electron chi connectivity index (χ4n) is 3.49. The molecule has 4 rings (SSSR count). The molecule has 1 aliphatic heterocycles. The van der Waals surface area contributed by atoms with Crippen LogP contribution in [0.15, 0.2) is 54.6 Å². The molecule has 3 aromatic rings. The van der Waals surface area contributed by atoms with E-state index in [1.54, 1.807) is 18.2 Å². The van der Waals surface area contributed by atoms with E-state index in [9.17, 15) is 9.59 Å². The van der Waals surface area contributed by atoms with Gasteiger partial charge in [-0.3, -0.25) is 19.6 Å². The zero-order chi connectivity index (χ0) is 20.9. The molecule has 1 aromatic heterocycles. The zero-order valence-corrected chi connectivity index (χ0v) is 16.9. The third kappa shape index (κ3) is 4.35. The number of aromatic amines is 1. The SMILES string of the molecule is CCCc1ccc(-c2cc(NC(=O)CN3C(=O)CCOc4ccccc43)n[nH]2)cc1. The van der Waals surface area contributed by atoms with E-state index in [-0.39, 0.29) is 24.8 Å². The van der Waals surface area contributed by atoms with Crippen molar-refractivity contribution in [3.63, 3.8) is 0 Å². The zero-order valence-electron chi connectivity index (χ0n) is 16.9. The van der Waals surface area contributed by atoms with E-state index in [1.807, 2.05) is 24.3 Å². The maximum Gasteiger partial charge on any atom is 0.245 e. The summed E-state index contributed by atoms with van der Waals surface area (Å²) in [4.78, 5) is 26.5. The number of rotatable bonds is 6. The number of hydrogen-bond donors (Lipinski definition) is 2.